The summed E-state index contributed by atoms with van der Waals surface area (Å²) in [5.41, 5.74) is 3.27. The van der Waals surface area contributed by atoms with Gasteiger partial charge in [-0.05, 0) is 67.8 Å². The molecule has 2 amide bonds. The Labute approximate surface area is 193 Å². The number of hydrogen-bond donors (Lipinski definition) is 1. The minimum atomic E-state index is -0.372. The molecule has 33 heavy (non-hydrogen) atoms. The number of piperidine rings is 1. The zero-order chi connectivity index (χ0) is 23.2. The van der Waals surface area contributed by atoms with E-state index >= 15 is 0 Å². The number of carbonyl (C=O) groups excluding carboxylic acids is 2. The largest absolute Gasteiger partial charge is 0.489 e. The van der Waals surface area contributed by atoms with Crippen LogP contribution in [0, 0.1) is 12.7 Å². The first kappa shape index (κ1) is 22.5. The SMILES string of the molecule is Cc1cccc(COc2cccc(C(=O)N3CCC(NC(=O)c4ccc(F)cc4)CC3)c2)c1. The van der Waals surface area contributed by atoms with Gasteiger partial charge in [0.1, 0.15) is 18.2 Å². The Kier molecular flexibility index (Phi) is 7.03. The third-order valence-electron chi connectivity index (χ3n) is 5.79. The highest BCUT2D eigenvalue weighted by Crippen LogP contribution is 2.19. The van der Waals surface area contributed by atoms with Gasteiger partial charge in [0, 0.05) is 30.3 Å². The first-order valence-corrected chi connectivity index (χ1v) is 11.1. The second-order valence-electron chi connectivity index (χ2n) is 8.35. The first-order valence-electron chi connectivity index (χ1n) is 11.1. The molecule has 3 aromatic carbocycles. The molecule has 1 fully saturated rings. The summed E-state index contributed by atoms with van der Waals surface area (Å²) in [6, 6.07) is 20.9. The van der Waals surface area contributed by atoms with Crippen molar-refractivity contribution in [2.24, 2.45) is 0 Å². The maximum Gasteiger partial charge on any atom is 0.253 e. The molecule has 0 unspecified atom stereocenters. The van der Waals surface area contributed by atoms with E-state index in [0.717, 1.165) is 5.56 Å². The van der Waals surface area contributed by atoms with Gasteiger partial charge >= 0.3 is 0 Å². The highest BCUT2D eigenvalue weighted by atomic mass is 19.1. The number of hydrogen-bond acceptors (Lipinski definition) is 3. The summed E-state index contributed by atoms with van der Waals surface area (Å²) in [4.78, 5) is 27.2. The third kappa shape index (κ3) is 5.98. The summed E-state index contributed by atoms with van der Waals surface area (Å²) in [5, 5.41) is 2.98. The van der Waals surface area contributed by atoms with Gasteiger partial charge in [-0.25, -0.2) is 4.39 Å². The molecular formula is C27H27FN2O3. The molecule has 1 aliphatic rings. The minimum Gasteiger partial charge on any atom is -0.489 e. The Morgan fingerprint density at radius 1 is 0.970 bits per heavy atom. The lowest BCUT2D eigenvalue weighted by molar-refractivity contribution is 0.0697. The molecule has 4 rings (SSSR count). The molecule has 0 aromatic heterocycles. The van der Waals surface area contributed by atoms with E-state index in [1.807, 2.05) is 37.3 Å². The number of nitrogens with one attached hydrogen (secondary N) is 1. The predicted molar refractivity (Wildman–Crippen MR) is 125 cm³/mol. The van der Waals surface area contributed by atoms with Crippen LogP contribution in [0.15, 0.2) is 72.8 Å². The van der Waals surface area contributed by atoms with E-state index in [9.17, 15) is 14.0 Å². The van der Waals surface area contributed by atoms with Gasteiger partial charge in [-0.3, -0.25) is 9.59 Å². The van der Waals surface area contributed by atoms with E-state index in [1.165, 1.54) is 29.8 Å². The van der Waals surface area contributed by atoms with Crippen LogP contribution in [-0.4, -0.2) is 35.8 Å². The molecule has 1 aliphatic heterocycles. The van der Waals surface area contributed by atoms with Gasteiger partial charge in [0.25, 0.3) is 11.8 Å². The number of benzene rings is 3. The highest BCUT2D eigenvalue weighted by molar-refractivity contribution is 5.95. The van der Waals surface area contributed by atoms with Crippen LogP contribution in [0.3, 0.4) is 0 Å². The molecule has 6 heteroatoms. The lowest BCUT2D eigenvalue weighted by Crippen LogP contribution is -2.46. The maximum absolute atomic E-state index is 13.1. The fourth-order valence-electron chi connectivity index (χ4n) is 3.97. The van der Waals surface area contributed by atoms with Crippen LogP contribution < -0.4 is 10.1 Å². The molecule has 1 saturated heterocycles. The van der Waals surface area contributed by atoms with Crippen molar-refractivity contribution in [3.8, 4) is 5.75 Å². The lowest BCUT2D eigenvalue weighted by atomic mass is 10.0. The zero-order valence-corrected chi connectivity index (χ0v) is 18.6. The van der Waals surface area contributed by atoms with Crippen LogP contribution >= 0.6 is 0 Å². The number of rotatable bonds is 6. The number of ether oxygens (including phenoxy) is 1. The fourth-order valence-corrected chi connectivity index (χ4v) is 3.97. The number of aryl methyl sites for hydroxylation is 1. The van der Waals surface area contributed by atoms with E-state index in [-0.39, 0.29) is 23.7 Å². The Balaban J connectivity index is 1.29. The average molecular weight is 447 g/mol. The molecule has 5 nitrogen and oxygen atoms in total. The summed E-state index contributed by atoms with van der Waals surface area (Å²) < 4.78 is 18.9. The van der Waals surface area contributed by atoms with Crippen LogP contribution in [0.25, 0.3) is 0 Å². The fraction of sp³-hybridized carbons (Fsp3) is 0.259. The van der Waals surface area contributed by atoms with Gasteiger partial charge in [-0.1, -0.05) is 35.9 Å². The Hall–Kier alpha value is -3.67. The minimum absolute atomic E-state index is 0.0180. The van der Waals surface area contributed by atoms with Crippen LogP contribution in [0.4, 0.5) is 4.39 Å². The molecule has 0 saturated carbocycles. The number of amides is 2. The highest BCUT2D eigenvalue weighted by Gasteiger charge is 2.25. The van der Waals surface area contributed by atoms with E-state index in [0.29, 0.717) is 49.4 Å². The molecule has 0 aliphatic carbocycles. The number of likely N-dealkylation sites (tertiary alicyclic amines) is 1. The smallest absolute Gasteiger partial charge is 0.253 e. The first-order chi connectivity index (χ1) is 16.0. The number of carbonyl (C=O) groups is 2. The van der Waals surface area contributed by atoms with Gasteiger partial charge < -0.3 is 15.0 Å². The molecule has 1 N–H and O–H groups in total. The van der Waals surface area contributed by atoms with Gasteiger partial charge in [0.05, 0.1) is 0 Å². The van der Waals surface area contributed by atoms with Crippen molar-refractivity contribution in [3.63, 3.8) is 0 Å². The Bertz CT molecular complexity index is 1120. The summed E-state index contributed by atoms with van der Waals surface area (Å²) in [6.45, 7) is 3.60. The van der Waals surface area contributed by atoms with Crippen LogP contribution in [0.1, 0.15) is 44.7 Å². The second-order valence-corrected chi connectivity index (χ2v) is 8.35. The quantitative estimate of drug-likeness (QED) is 0.595. The number of nitrogens with zero attached hydrogens (tertiary/aromatic N) is 1. The van der Waals surface area contributed by atoms with Crippen molar-refractivity contribution in [2.45, 2.75) is 32.4 Å². The van der Waals surface area contributed by atoms with Crippen molar-refractivity contribution in [3.05, 3.63) is 101 Å². The lowest BCUT2D eigenvalue weighted by Gasteiger charge is -2.32. The maximum atomic E-state index is 13.1. The van der Waals surface area contributed by atoms with Gasteiger partial charge in [0.15, 0.2) is 0 Å². The van der Waals surface area contributed by atoms with E-state index in [1.54, 1.807) is 17.0 Å². The third-order valence-corrected chi connectivity index (χ3v) is 5.79. The zero-order valence-electron chi connectivity index (χ0n) is 18.6. The molecule has 0 bridgehead atoms. The monoisotopic (exact) mass is 446 g/mol. The average Bonchev–Trinajstić information content (AvgIpc) is 2.83. The summed E-state index contributed by atoms with van der Waals surface area (Å²) in [7, 11) is 0. The van der Waals surface area contributed by atoms with E-state index in [4.69, 9.17) is 4.74 Å². The Morgan fingerprint density at radius 3 is 2.42 bits per heavy atom. The standard InChI is InChI=1S/C27H27FN2O3/c1-19-4-2-5-20(16-19)18-33-25-7-3-6-22(17-25)27(32)30-14-12-24(13-15-30)29-26(31)21-8-10-23(28)11-9-21/h2-11,16-17,24H,12-15,18H2,1H3,(H,29,31). The van der Waals surface area contributed by atoms with Crippen molar-refractivity contribution in [2.75, 3.05) is 13.1 Å². The van der Waals surface area contributed by atoms with Crippen molar-refractivity contribution < 1.29 is 18.7 Å². The molecule has 3 aromatic rings. The van der Waals surface area contributed by atoms with Gasteiger partial charge in [0.2, 0.25) is 0 Å². The molecule has 0 spiro atoms. The normalized spacial score (nSPS) is 14.1. The topological polar surface area (TPSA) is 58.6 Å². The molecule has 0 radical (unpaired) electrons. The van der Waals surface area contributed by atoms with Crippen molar-refractivity contribution in [1.82, 2.24) is 10.2 Å². The second kappa shape index (κ2) is 10.3. The summed E-state index contributed by atoms with van der Waals surface area (Å²) in [5.74, 6) is 0.0179. The summed E-state index contributed by atoms with van der Waals surface area (Å²) in [6.07, 6.45) is 1.34. The van der Waals surface area contributed by atoms with Gasteiger partial charge in [-0.2, -0.15) is 0 Å². The van der Waals surface area contributed by atoms with Crippen LogP contribution in [0.5, 0.6) is 5.75 Å². The Morgan fingerprint density at radius 2 is 1.70 bits per heavy atom. The van der Waals surface area contributed by atoms with Crippen LogP contribution in [0.2, 0.25) is 0 Å². The molecule has 0 atom stereocenters. The molecular weight excluding hydrogens is 419 g/mol. The van der Waals surface area contributed by atoms with E-state index in [2.05, 4.69) is 11.4 Å². The molecule has 170 valence electrons. The number of halogens is 1. The predicted octanol–water partition coefficient (Wildman–Crippen LogP) is 4.75. The van der Waals surface area contributed by atoms with Crippen molar-refractivity contribution in [1.29, 1.82) is 0 Å². The van der Waals surface area contributed by atoms with Crippen LogP contribution in [-0.2, 0) is 6.61 Å². The van der Waals surface area contributed by atoms with Crippen molar-refractivity contribution >= 4 is 11.8 Å². The summed E-state index contributed by atoms with van der Waals surface area (Å²) >= 11 is 0. The molecule has 1 heterocycles. The van der Waals surface area contributed by atoms with Gasteiger partial charge in [-0.15, -0.1) is 0 Å². The van der Waals surface area contributed by atoms with E-state index < -0.39 is 0 Å².